The monoisotopic (exact) mass is 286 g/mol. The van der Waals surface area contributed by atoms with Crippen LogP contribution in [-0.2, 0) is 14.8 Å². The van der Waals surface area contributed by atoms with E-state index in [1.54, 1.807) is 12.1 Å². The molecule has 1 saturated heterocycles. The van der Waals surface area contributed by atoms with Gasteiger partial charge in [0.25, 0.3) is 0 Å². The second kappa shape index (κ2) is 5.77. The number of nitrogens with zero attached hydrogens (tertiary/aromatic N) is 1. The Hall–Kier alpha value is -1.31. The first kappa shape index (κ1) is 14.1. The molecule has 1 heterocycles. The van der Waals surface area contributed by atoms with Gasteiger partial charge < -0.3 is 15.2 Å². The van der Waals surface area contributed by atoms with Gasteiger partial charge in [-0.15, -0.1) is 0 Å². The van der Waals surface area contributed by atoms with Crippen LogP contribution in [0.25, 0.3) is 0 Å². The maximum absolute atomic E-state index is 12.6. The molecule has 0 radical (unpaired) electrons. The van der Waals surface area contributed by atoms with Crippen LogP contribution in [0.15, 0.2) is 23.1 Å². The summed E-state index contributed by atoms with van der Waals surface area (Å²) in [5.74, 6) is 0.336. The molecule has 2 N–H and O–H groups in total. The van der Waals surface area contributed by atoms with Crippen LogP contribution in [0.2, 0.25) is 0 Å². The van der Waals surface area contributed by atoms with Crippen molar-refractivity contribution in [3.8, 4) is 5.75 Å². The van der Waals surface area contributed by atoms with Crippen LogP contribution >= 0.6 is 0 Å². The zero-order chi connectivity index (χ0) is 13.9. The number of nitrogens with two attached hydrogens (primary N) is 1. The van der Waals surface area contributed by atoms with Gasteiger partial charge in [-0.25, -0.2) is 8.42 Å². The van der Waals surface area contributed by atoms with Crippen molar-refractivity contribution in [1.29, 1.82) is 0 Å². The molecule has 1 aliphatic rings. The first-order valence-electron chi connectivity index (χ1n) is 6.16. The summed E-state index contributed by atoms with van der Waals surface area (Å²) in [6.07, 6.45) is 0. The normalized spacial score (nSPS) is 17.3. The predicted molar refractivity (Wildman–Crippen MR) is 71.6 cm³/mol. The average molecular weight is 286 g/mol. The highest BCUT2D eigenvalue weighted by atomic mass is 32.2. The van der Waals surface area contributed by atoms with Gasteiger partial charge in [0.15, 0.2) is 0 Å². The molecule has 0 spiro atoms. The van der Waals surface area contributed by atoms with Crippen molar-refractivity contribution in [3.63, 3.8) is 0 Å². The first-order valence-corrected chi connectivity index (χ1v) is 7.60. The van der Waals surface area contributed by atoms with Crippen molar-refractivity contribution >= 4 is 15.7 Å². The van der Waals surface area contributed by atoms with Gasteiger partial charge in [-0.05, 0) is 25.1 Å². The molecule has 19 heavy (non-hydrogen) atoms. The Morgan fingerprint density at radius 2 is 2.05 bits per heavy atom. The van der Waals surface area contributed by atoms with E-state index in [9.17, 15) is 8.42 Å². The number of hydrogen-bond acceptors (Lipinski definition) is 5. The van der Waals surface area contributed by atoms with E-state index in [1.165, 1.54) is 10.4 Å². The third-order valence-electron chi connectivity index (χ3n) is 2.86. The van der Waals surface area contributed by atoms with Crippen LogP contribution in [0.3, 0.4) is 0 Å². The largest absolute Gasteiger partial charge is 0.492 e. The molecule has 0 atom stereocenters. The molecular formula is C12H18N2O4S. The summed E-state index contributed by atoms with van der Waals surface area (Å²) in [5, 5.41) is 0. The van der Waals surface area contributed by atoms with Crippen LogP contribution in [0.5, 0.6) is 5.75 Å². The molecule has 1 aromatic carbocycles. The maximum atomic E-state index is 12.6. The van der Waals surface area contributed by atoms with Gasteiger partial charge in [0.1, 0.15) is 10.6 Å². The zero-order valence-electron chi connectivity index (χ0n) is 10.8. The van der Waals surface area contributed by atoms with Gasteiger partial charge in [0.05, 0.1) is 19.8 Å². The van der Waals surface area contributed by atoms with Gasteiger partial charge in [-0.2, -0.15) is 4.31 Å². The molecule has 0 aromatic heterocycles. The number of nitrogen functional groups attached to an aromatic ring is 1. The van der Waals surface area contributed by atoms with E-state index in [-0.39, 0.29) is 4.90 Å². The van der Waals surface area contributed by atoms with Crippen molar-refractivity contribution in [2.45, 2.75) is 11.8 Å². The predicted octanol–water partition coefficient (Wildman–Crippen LogP) is 0.688. The van der Waals surface area contributed by atoms with Gasteiger partial charge in [0, 0.05) is 18.8 Å². The summed E-state index contributed by atoms with van der Waals surface area (Å²) in [4.78, 5) is 0.122. The van der Waals surface area contributed by atoms with E-state index in [2.05, 4.69) is 0 Å². The lowest BCUT2D eigenvalue weighted by atomic mass is 10.3. The Labute approximate surface area is 113 Å². The van der Waals surface area contributed by atoms with E-state index in [1.807, 2.05) is 6.92 Å². The molecule has 0 aliphatic carbocycles. The Balaban J connectivity index is 2.40. The van der Waals surface area contributed by atoms with Crippen molar-refractivity contribution in [2.24, 2.45) is 0 Å². The SMILES string of the molecule is CCOc1ccc(N)cc1S(=O)(=O)N1CCOCC1. The molecular weight excluding hydrogens is 268 g/mol. The molecule has 1 fully saturated rings. The molecule has 0 bridgehead atoms. The minimum atomic E-state index is -3.59. The number of morpholine rings is 1. The first-order chi connectivity index (χ1) is 9.05. The molecule has 7 heteroatoms. The Morgan fingerprint density at radius 1 is 1.37 bits per heavy atom. The summed E-state index contributed by atoms with van der Waals surface area (Å²) in [6.45, 7) is 3.72. The second-order valence-corrected chi connectivity index (χ2v) is 6.06. The number of hydrogen-bond donors (Lipinski definition) is 1. The van der Waals surface area contributed by atoms with Crippen LogP contribution in [0.1, 0.15) is 6.92 Å². The number of rotatable bonds is 4. The van der Waals surface area contributed by atoms with Crippen LogP contribution in [-0.4, -0.2) is 45.6 Å². The highest BCUT2D eigenvalue weighted by molar-refractivity contribution is 7.89. The van der Waals surface area contributed by atoms with E-state index in [0.717, 1.165) is 0 Å². The second-order valence-electron chi connectivity index (χ2n) is 4.16. The fraction of sp³-hybridized carbons (Fsp3) is 0.500. The molecule has 6 nitrogen and oxygen atoms in total. The zero-order valence-corrected chi connectivity index (χ0v) is 11.6. The van der Waals surface area contributed by atoms with Crippen molar-refractivity contribution in [3.05, 3.63) is 18.2 Å². The highest BCUT2D eigenvalue weighted by Gasteiger charge is 2.29. The molecule has 0 amide bonds. The van der Waals surface area contributed by atoms with Crippen molar-refractivity contribution < 1.29 is 17.9 Å². The molecule has 1 aromatic rings. The van der Waals surface area contributed by atoms with Crippen LogP contribution in [0, 0.1) is 0 Å². The fourth-order valence-corrected chi connectivity index (χ4v) is 3.50. The van der Waals surface area contributed by atoms with Gasteiger partial charge in [-0.3, -0.25) is 0 Å². The van der Waals surface area contributed by atoms with Crippen molar-refractivity contribution in [1.82, 2.24) is 4.31 Å². The highest BCUT2D eigenvalue weighted by Crippen LogP contribution is 2.29. The molecule has 0 unspecified atom stereocenters. The summed E-state index contributed by atoms with van der Waals surface area (Å²) in [6, 6.07) is 4.66. The molecule has 0 saturated carbocycles. The van der Waals surface area contributed by atoms with E-state index in [0.29, 0.717) is 44.3 Å². The Bertz CT molecular complexity index is 539. The van der Waals surface area contributed by atoms with Gasteiger partial charge in [-0.1, -0.05) is 0 Å². The lowest BCUT2D eigenvalue weighted by molar-refractivity contribution is 0.0729. The quantitative estimate of drug-likeness (QED) is 0.823. The summed E-state index contributed by atoms with van der Waals surface area (Å²) in [7, 11) is -3.59. The Morgan fingerprint density at radius 3 is 2.68 bits per heavy atom. The maximum Gasteiger partial charge on any atom is 0.246 e. The lowest BCUT2D eigenvalue weighted by Crippen LogP contribution is -2.40. The summed E-state index contributed by atoms with van der Waals surface area (Å²) >= 11 is 0. The molecule has 106 valence electrons. The number of sulfonamides is 1. The van der Waals surface area contributed by atoms with Crippen LogP contribution < -0.4 is 10.5 Å². The standard InChI is InChI=1S/C12H18N2O4S/c1-2-18-11-4-3-10(13)9-12(11)19(15,16)14-5-7-17-8-6-14/h3-4,9H,2,5-8,13H2,1H3. The topological polar surface area (TPSA) is 81.9 Å². The summed E-state index contributed by atoms with van der Waals surface area (Å²) in [5.41, 5.74) is 6.09. The number of benzene rings is 1. The van der Waals surface area contributed by atoms with Gasteiger partial charge in [0.2, 0.25) is 10.0 Å². The molecule has 1 aliphatic heterocycles. The smallest absolute Gasteiger partial charge is 0.246 e. The minimum Gasteiger partial charge on any atom is -0.492 e. The van der Waals surface area contributed by atoms with Gasteiger partial charge >= 0.3 is 0 Å². The lowest BCUT2D eigenvalue weighted by Gasteiger charge is -2.26. The minimum absolute atomic E-state index is 0.122. The van der Waals surface area contributed by atoms with Crippen molar-refractivity contribution in [2.75, 3.05) is 38.6 Å². The number of anilines is 1. The molecule has 2 rings (SSSR count). The van der Waals surface area contributed by atoms with Crippen LogP contribution in [0.4, 0.5) is 5.69 Å². The van der Waals surface area contributed by atoms with E-state index < -0.39 is 10.0 Å². The third-order valence-corrected chi connectivity index (χ3v) is 4.78. The average Bonchev–Trinajstić information content (AvgIpc) is 2.42. The Kier molecular flexibility index (Phi) is 4.28. The van der Waals surface area contributed by atoms with E-state index in [4.69, 9.17) is 15.2 Å². The number of ether oxygens (including phenoxy) is 2. The summed E-state index contributed by atoms with van der Waals surface area (Å²) < 4.78 is 37.1. The fourth-order valence-electron chi connectivity index (χ4n) is 1.93. The van der Waals surface area contributed by atoms with E-state index >= 15 is 0 Å². The third kappa shape index (κ3) is 2.99.